The molecule has 0 radical (unpaired) electrons. The van der Waals surface area contributed by atoms with E-state index in [-0.39, 0.29) is 56.9 Å². The summed E-state index contributed by atoms with van der Waals surface area (Å²) in [5.74, 6) is -19.4. The number of nitrogens with one attached hydrogen (secondary N) is 13. The number of unbranched alkanes of at least 4 members (excludes halogenated alkanes) is 1. The van der Waals surface area contributed by atoms with Crippen molar-refractivity contribution in [3.63, 3.8) is 0 Å². The lowest BCUT2D eigenvalue weighted by molar-refractivity contribution is -0.142. The Balaban J connectivity index is 1.81. The van der Waals surface area contributed by atoms with Gasteiger partial charge in [-0.05, 0) is 99.9 Å². The number of amides is 14. The van der Waals surface area contributed by atoms with E-state index < -0.39 is 229 Å². The van der Waals surface area contributed by atoms with Crippen LogP contribution in [0.5, 0.6) is 5.75 Å². The Morgan fingerprint density at radius 3 is 1.45 bits per heavy atom. The number of hydrogen-bond donors (Lipinski definition) is 22. The third-order valence-corrected chi connectivity index (χ3v) is 17.3. The minimum absolute atomic E-state index is 0.0475. The molecule has 1 unspecified atom stereocenters. The molecule has 27 N–H and O–H groups in total. The fraction of sp³-hybridized carbons (Fsp3) is 0.563. The van der Waals surface area contributed by atoms with Crippen molar-refractivity contribution in [1.82, 2.24) is 69.1 Å². The Morgan fingerprint density at radius 2 is 0.946 bits per heavy atom. The maximum absolute atomic E-state index is 14.6. The maximum atomic E-state index is 14.6. The van der Waals surface area contributed by atoms with Gasteiger partial charge in [0.1, 0.15) is 84.6 Å². The van der Waals surface area contributed by atoms with Crippen molar-refractivity contribution >= 4 is 113 Å². The minimum Gasteiger partial charge on any atom is -0.508 e. The molecule has 1 aliphatic heterocycles. The highest BCUT2D eigenvalue weighted by atomic mass is 16.4. The van der Waals surface area contributed by atoms with Crippen molar-refractivity contribution in [2.75, 3.05) is 26.2 Å². The number of phenolic OH excluding ortho intramolecular Hbond substituents is 1. The van der Waals surface area contributed by atoms with Crippen LogP contribution in [0, 0.1) is 17.8 Å². The number of carbonyl (C=O) groups excluding carboxylic acids is 14. The lowest BCUT2D eigenvalue weighted by Gasteiger charge is -2.30. The first-order valence-corrected chi connectivity index (χ1v) is 36.4. The summed E-state index contributed by atoms with van der Waals surface area (Å²) in [5.41, 5.74) is 28.7. The predicted octanol–water partition coefficient (Wildman–Crippen LogP) is -6.68. The van der Waals surface area contributed by atoms with Crippen molar-refractivity contribution < 1.29 is 97.1 Å². The third-order valence-electron chi connectivity index (χ3n) is 17.3. The Hall–Kier alpha value is -11.8. The summed E-state index contributed by atoms with van der Waals surface area (Å²) in [6, 6.07) is -6.49. The van der Waals surface area contributed by atoms with Gasteiger partial charge in [0.2, 0.25) is 82.7 Å². The molecule has 14 atom stereocenters. The summed E-state index contributed by atoms with van der Waals surface area (Å²) < 4.78 is 0. The molecule has 14 amide bonds. The first kappa shape index (κ1) is 94.5. The zero-order valence-electron chi connectivity index (χ0n) is 63.8. The molecule has 0 aliphatic carbocycles. The van der Waals surface area contributed by atoms with E-state index in [1.54, 1.807) is 30.3 Å². The normalized spacial score (nSPS) is 15.7. The van der Waals surface area contributed by atoms with Gasteiger partial charge in [0.25, 0.3) is 0 Å². The molecule has 1 aliphatic rings. The van der Waals surface area contributed by atoms with Crippen LogP contribution in [0.1, 0.15) is 124 Å². The van der Waals surface area contributed by atoms with E-state index in [4.69, 9.17) is 28.7 Å². The number of aliphatic carboxylic acids is 2. The summed E-state index contributed by atoms with van der Waals surface area (Å²) in [7, 11) is 0. The predicted molar refractivity (Wildman–Crippen MR) is 406 cm³/mol. The molecule has 112 heavy (non-hydrogen) atoms. The zero-order chi connectivity index (χ0) is 84.1. The summed E-state index contributed by atoms with van der Waals surface area (Å²) >= 11 is 0. The van der Waals surface area contributed by atoms with Gasteiger partial charge in [-0.2, -0.15) is 0 Å². The van der Waals surface area contributed by atoms with Crippen molar-refractivity contribution in [2.45, 2.75) is 211 Å². The van der Waals surface area contributed by atoms with Gasteiger partial charge in [0.15, 0.2) is 5.96 Å². The summed E-state index contributed by atoms with van der Waals surface area (Å²) in [6.07, 6.45) is 1.11. The van der Waals surface area contributed by atoms with E-state index in [9.17, 15) is 97.1 Å². The Bertz CT molecular complexity index is 3660. The van der Waals surface area contributed by atoms with Crippen LogP contribution < -0.4 is 97.8 Å². The highest BCUT2D eigenvalue weighted by Crippen LogP contribution is 2.16. The minimum atomic E-state index is -1.87. The van der Waals surface area contributed by atoms with Crippen LogP contribution >= 0.6 is 0 Å². The SMILES string of the molecule is CC(C)[C@H](NC(=O)[C@H](CC1C=NC=N1)NC(=O)[C@@H](NC(=O)[C@H](Cc1ccc(O)cc1)NC(=O)[C@H](CO)NC(=O)[C@@H](NC(=O)[C@H](CCC(=O)O)NC(=O)[C@H](C)NC(=O)[C@@H](N)CCCN=C(N)N)C(C)C)C(C)C)C(=O)N[C@@H](CC(N)=O)C(=O)NCC(=O)N[C@@H](C)C(=O)N[C@@H](CCCCN)C(=O)N[C@@H](Cc1ccccc1)C(=O)O. The number of aliphatic imine (C=N–C) groups is 3. The van der Waals surface area contributed by atoms with Crippen LogP contribution in [0.3, 0.4) is 0 Å². The third kappa shape index (κ3) is 34.0. The molecule has 41 heteroatoms. The quantitative estimate of drug-likeness (QED) is 0.0166. The second-order valence-electron chi connectivity index (χ2n) is 27.7. The number of aromatic hydroxyl groups is 1. The number of nitrogens with zero attached hydrogens (tertiary/aromatic N) is 3. The van der Waals surface area contributed by atoms with E-state index in [2.05, 4.69) is 84.1 Å². The van der Waals surface area contributed by atoms with Crippen LogP contribution in [-0.4, -0.2) is 244 Å². The highest BCUT2D eigenvalue weighted by Gasteiger charge is 2.39. The van der Waals surface area contributed by atoms with Crippen LogP contribution in [-0.2, 0) is 89.6 Å². The van der Waals surface area contributed by atoms with Gasteiger partial charge in [-0.1, -0.05) is 84.0 Å². The largest absolute Gasteiger partial charge is 0.508 e. The number of aliphatic hydroxyl groups is 1. The second kappa shape index (κ2) is 48.0. The standard InChI is InChI=1S/C71H109N21O20/c1-35(2)55(91-64(105)47(27-41-19-21-43(94)22-20-41)85-66(107)51(33-93)89-69(110)57(37(5)6)90-63(104)46(23-24-54(97)98)84-59(100)39(8)82-60(101)44(73)17-14-26-78-71(75)76)67(108)86-48(29-42-31-77-34-80-42)65(106)92-56(36(3)4)68(109)87-49(30-52(74)95)61(102)79-32-53(96)81-38(7)58(99)83-45(18-12-13-25-72)62(103)88-50(70(111)112)28-40-15-10-9-11-16-40/h9-11,15-16,19-22,31,34-39,42,44-51,55-57,93-94H,12-14,17-18,23-30,32-33,72-73H2,1-8H3,(H2,74,95)(H,79,102)(H,81,96)(H,82,101)(H,83,99)(H,84,100)(H,85,107)(H,86,108)(H,87,109)(H,88,103)(H,89,110)(H,90,104)(H,91,105)(H,92,106)(H,97,98)(H,111,112)(H4,75,76,78)/t38-,39-,42?,44-,45-,46-,47-,48-,49-,50-,51-,55-,56-,57-/m0/s1. The van der Waals surface area contributed by atoms with Crippen LogP contribution in [0.2, 0.25) is 0 Å². The van der Waals surface area contributed by atoms with Crippen LogP contribution in [0.15, 0.2) is 69.6 Å². The fourth-order valence-electron chi connectivity index (χ4n) is 10.9. The molecule has 0 fully saturated rings. The van der Waals surface area contributed by atoms with Gasteiger partial charge in [0.05, 0.1) is 31.7 Å². The Labute approximate surface area is 646 Å². The number of carboxylic acid groups (broad SMARTS) is 2. The summed E-state index contributed by atoms with van der Waals surface area (Å²) in [5, 5.41) is 71.8. The van der Waals surface area contributed by atoms with Crippen molar-refractivity contribution in [1.29, 1.82) is 0 Å². The second-order valence-corrected chi connectivity index (χ2v) is 27.7. The number of rotatable bonds is 50. The molecule has 2 aromatic rings. The molecular formula is C71H109N21O20. The molecule has 41 nitrogen and oxygen atoms in total. The van der Waals surface area contributed by atoms with Gasteiger partial charge in [0, 0.05) is 38.4 Å². The number of nitrogens with two attached hydrogens (primary N) is 5. The number of hydrogen-bond acceptors (Lipinski definition) is 23. The van der Waals surface area contributed by atoms with Gasteiger partial charge in [-0.25, -0.2) is 9.79 Å². The number of aliphatic hydroxyl groups excluding tert-OH is 1. The molecule has 2 aromatic carbocycles. The van der Waals surface area contributed by atoms with E-state index in [1.807, 2.05) is 0 Å². The van der Waals surface area contributed by atoms with E-state index in [0.717, 1.165) is 0 Å². The van der Waals surface area contributed by atoms with Gasteiger partial charge < -0.3 is 118 Å². The van der Waals surface area contributed by atoms with Gasteiger partial charge in [-0.3, -0.25) is 81.9 Å². The number of benzene rings is 2. The van der Waals surface area contributed by atoms with Crippen molar-refractivity contribution in [3.05, 3.63) is 65.7 Å². The molecule has 1 heterocycles. The molecule has 0 bridgehead atoms. The van der Waals surface area contributed by atoms with Crippen molar-refractivity contribution in [2.24, 2.45) is 61.4 Å². The maximum Gasteiger partial charge on any atom is 0.326 e. The molecule has 0 saturated carbocycles. The number of carboxylic acids is 2. The number of primary amides is 1. The number of guanidine groups is 1. The molecule has 3 rings (SSSR count). The van der Waals surface area contributed by atoms with E-state index in [0.29, 0.717) is 30.4 Å². The summed E-state index contributed by atoms with van der Waals surface area (Å²) in [6.45, 7) is 10.0. The Kier molecular flexibility index (Phi) is 40.5. The average molecular weight is 1580 g/mol. The number of phenols is 1. The monoisotopic (exact) mass is 1580 g/mol. The van der Waals surface area contributed by atoms with Crippen LogP contribution in [0.25, 0.3) is 0 Å². The smallest absolute Gasteiger partial charge is 0.326 e. The van der Waals surface area contributed by atoms with Gasteiger partial charge >= 0.3 is 11.9 Å². The van der Waals surface area contributed by atoms with Crippen LogP contribution in [0.4, 0.5) is 0 Å². The molecular weight excluding hydrogens is 1470 g/mol. The molecule has 0 aromatic heterocycles. The molecule has 0 saturated heterocycles. The van der Waals surface area contributed by atoms with Gasteiger partial charge in [-0.15, -0.1) is 0 Å². The average Bonchev–Trinajstić information content (AvgIpc) is 0.849. The fourth-order valence-corrected chi connectivity index (χ4v) is 10.9. The van der Waals surface area contributed by atoms with Crippen molar-refractivity contribution in [3.8, 4) is 5.75 Å². The lowest BCUT2D eigenvalue weighted by atomic mass is 9.98. The molecule has 0 spiro atoms. The first-order chi connectivity index (χ1) is 52.7. The zero-order valence-corrected chi connectivity index (χ0v) is 63.8. The summed E-state index contributed by atoms with van der Waals surface area (Å²) in [4.78, 5) is 228. The Morgan fingerprint density at radius 1 is 0.482 bits per heavy atom. The number of carbonyl (C=O) groups is 16. The topological polar surface area (TPSA) is 678 Å². The first-order valence-electron chi connectivity index (χ1n) is 36.4. The molecule has 618 valence electrons. The van der Waals surface area contributed by atoms with E-state index in [1.165, 1.54) is 92.2 Å². The van der Waals surface area contributed by atoms with E-state index >= 15 is 0 Å². The lowest BCUT2D eigenvalue weighted by Crippen LogP contribution is -2.62. The highest BCUT2D eigenvalue weighted by molar-refractivity contribution is 6.01.